The van der Waals surface area contributed by atoms with Gasteiger partial charge in [0.2, 0.25) is 0 Å². The molecule has 0 aliphatic heterocycles. The molecule has 2 aromatic heterocycles. The predicted molar refractivity (Wildman–Crippen MR) is 96.0 cm³/mol. The van der Waals surface area contributed by atoms with Gasteiger partial charge in [-0.05, 0) is 49.2 Å². The highest BCUT2D eigenvalue weighted by molar-refractivity contribution is 9.10. The Hall–Kier alpha value is -2.14. The fourth-order valence-corrected chi connectivity index (χ4v) is 3.12. The van der Waals surface area contributed by atoms with Crippen LogP contribution in [0.15, 0.2) is 47.1 Å². The number of nitrogens with one attached hydrogen (secondary N) is 1. The van der Waals surface area contributed by atoms with Gasteiger partial charge in [0.1, 0.15) is 11.3 Å². The molecule has 118 valence electrons. The van der Waals surface area contributed by atoms with E-state index < -0.39 is 0 Å². The standard InChI is InChI=1S/C18H18BrN3O/c1-3-6-15-17(22-10-5-4-7-16(22)20-15)18(23)21-14-9-8-13(19)11-12(14)2/h4-5,7-11H,3,6H2,1-2H3,(H,21,23). The molecule has 0 spiro atoms. The summed E-state index contributed by atoms with van der Waals surface area (Å²) in [6.07, 6.45) is 3.61. The lowest BCUT2D eigenvalue weighted by Crippen LogP contribution is -2.17. The monoisotopic (exact) mass is 371 g/mol. The van der Waals surface area contributed by atoms with Crippen LogP contribution in [0, 0.1) is 6.92 Å². The van der Waals surface area contributed by atoms with Crippen LogP contribution in [-0.2, 0) is 6.42 Å². The number of imidazole rings is 1. The SMILES string of the molecule is CCCc1nc2ccccn2c1C(=O)Nc1ccc(Br)cc1C. The van der Waals surface area contributed by atoms with Crippen molar-refractivity contribution in [3.8, 4) is 0 Å². The Morgan fingerprint density at radius 2 is 2.13 bits per heavy atom. The summed E-state index contributed by atoms with van der Waals surface area (Å²) in [5.41, 5.74) is 4.08. The smallest absolute Gasteiger partial charge is 0.274 e. The third-order valence-electron chi connectivity index (χ3n) is 3.74. The highest BCUT2D eigenvalue weighted by atomic mass is 79.9. The number of amides is 1. The number of aryl methyl sites for hydroxylation is 2. The maximum Gasteiger partial charge on any atom is 0.274 e. The molecule has 0 bridgehead atoms. The topological polar surface area (TPSA) is 46.4 Å². The first kappa shape index (κ1) is 15.7. The van der Waals surface area contributed by atoms with Crippen molar-refractivity contribution in [2.45, 2.75) is 26.7 Å². The summed E-state index contributed by atoms with van der Waals surface area (Å²) in [5.74, 6) is -0.127. The quantitative estimate of drug-likeness (QED) is 0.727. The zero-order valence-corrected chi connectivity index (χ0v) is 14.7. The van der Waals surface area contributed by atoms with E-state index in [0.29, 0.717) is 5.69 Å². The number of pyridine rings is 1. The molecule has 0 aliphatic carbocycles. The summed E-state index contributed by atoms with van der Waals surface area (Å²) in [4.78, 5) is 17.4. The number of anilines is 1. The Morgan fingerprint density at radius 1 is 1.30 bits per heavy atom. The number of halogens is 1. The average molecular weight is 372 g/mol. The summed E-state index contributed by atoms with van der Waals surface area (Å²) in [5, 5.41) is 3.01. The Balaban J connectivity index is 2.01. The van der Waals surface area contributed by atoms with Crippen LogP contribution in [0.5, 0.6) is 0 Å². The van der Waals surface area contributed by atoms with E-state index in [1.807, 2.05) is 53.9 Å². The van der Waals surface area contributed by atoms with Crippen molar-refractivity contribution in [3.05, 3.63) is 64.0 Å². The third kappa shape index (κ3) is 3.15. The Labute approximate surface area is 143 Å². The van der Waals surface area contributed by atoms with Crippen LogP contribution in [0.1, 0.15) is 35.1 Å². The van der Waals surface area contributed by atoms with Gasteiger partial charge >= 0.3 is 0 Å². The van der Waals surface area contributed by atoms with Crippen LogP contribution < -0.4 is 5.32 Å². The lowest BCUT2D eigenvalue weighted by molar-refractivity contribution is 0.102. The first-order chi connectivity index (χ1) is 11.1. The second-order valence-corrected chi connectivity index (χ2v) is 6.41. The Kier molecular flexibility index (Phi) is 4.48. The lowest BCUT2D eigenvalue weighted by Gasteiger charge is -2.10. The summed E-state index contributed by atoms with van der Waals surface area (Å²) in [6.45, 7) is 4.06. The molecule has 2 heterocycles. The number of hydrogen-bond donors (Lipinski definition) is 1. The molecule has 0 saturated heterocycles. The molecule has 0 unspecified atom stereocenters. The molecule has 0 aliphatic rings. The minimum atomic E-state index is -0.127. The largest absolute Gasteiger partial charge is 0.320 e. The second-order valence-electron chi connectivity index (χ2n) is 5.50. The molecule has 0 fully saturated rings. The normalized spacial score (nSPS) is 10.9. The summed E-state index contributed by atoms with van der Waals surface area (Å²) in [6, 6.07) is 11.6. The van der Waals surface area contributed by atoms with Crippen molar-refractivity contribution in [1.82, 2.24) is 9.38 Å². The zero-order valence-electron chi connectivity index (χ0n) is 13.1. The van der Waals surface area contributed by atoms with E-state index in [0.717, 1.165) is 39.9 Å². The number of fused-ring (bicyclic) bond motifs is 1. The summed E-state index contributed by atoms with van der Waals surface area (Å²) >= 11 is 3.44. The number of carbonyl (C=O) groups excluding carboxylic acids is 1. The minimum Gasteiger partial charge on any atom is -0.320 e. The first-order valence-corrected chi connectivity index (χ1v) is 8.43. The Morgan fingerprint density at radius 3 is 2.87 bits per heavy atom. The lowest BCUT2D eigenvalue weighted by atomic mass is 10.1. The van der Waals surface area contributed by atoms with Gasteiger partial charge in [-0.1, -0.05) is 35.3 Å². The fourth-order valence-electron chi connectivity index (χ4n) is 2.64. The van der Waals surface area contributed by atoms with Crippen molar-refractivity contribution in [1.29, 1.82) is 0 Å². The van der Waals surface area contributed by atoms with E-state index in [9.17, 15) is 4.79 Å². The molecule has 0 atom stereocenters. The van der Waals surface area contributed by atoms with E-state index >= 15 is 0 Å². The van der Waals surface area contributed by atoms with Gasteiger partial charge < -0.3 is 5.32 Å². The van der Waals surface area contributed by atoms with Crippen molar-refractivity contribution < 1.29 is 4.79 Å². The van der Waals surface area contributed by atoms with Crippen molar-refractivity contribution >= 4 is 33.2 Å². The number of aromatic nitrogens is 2. The van der Waals surface area contributed by atoms with Gasteiger partial charge in [0.25, 0.3) is 5.91 Å². The number of nitrogens with zero attached hydrogens (tertiary/aromatic N) is 2. The average Bonchev–Trinajstić information content (AvgIpc) is 2.88. The molecule has 1 N–H and O–H groups in total. The van der Waals surface area contributed by atoms with Crippen molar-refractivity contribution in [2.24, 2.45) is 0 Å². The van der Waals surface area contributed by atoms with Gasteiger partial charge in [0.05, 0.1) is 5.69 Å². The van der Waals surface area contributed by atoms with Crippen LogP contribution in [0.4, 0.5) is 5.69 Å². The van der Waals surface area contributed by atoms with E-state index in [4.69, 9.17) is 0 Å². The molecule has 4 nitrogen and oxygen atoms in total. The Bertz CT molecular complexity index is 870. The van der Waals surface area contributed by atoms with E-state index in [1.165, 1.54) is 0 Å². The van der Waals surface area contributed by atoms with Crippen LogP contribution in [0.25, 0.3) is 5.65 Å². The summed E-state index contributed by atoms with van der Waals surface area (Å²) in [7, 11) is 0. The van der Waals surface area contributed by atoms with E-state index in [2.05, 4.69) is 33.2 Å². The second kappa shape index (κ2) is 6.54. The number of rotatable bonds is 4. The van der Waals surface area contributed by atoms with Crippen LogP contribution in [0.3, 0.4) is 0 Å². The highest BCUT2D eigenvalue weighted by Crippen LogP contribution is 2.22. The van der Waals surface area contributed by atoms with Gasteiger partial charge in [-0.25, -0.2) is 4.98 Å². The molecular formula is C18H18BrN3O. The molecule has 3 rings (SSSR count). The number of hydrogen-bond acceptors (Lipinski definition) is 2. The third-order valence-corrected chi connectivity index (χ3v) is 4.23. The summed E-state index contributed by atoms with van der Waals surface area (Å²) < 4.78 is 2.85. The molecule has 0 radical (unpaired) electrons. The van der Waals surface area contributed by atoms with Crippen LogP contribution in [-0.4, -0.2) is 15.3 Å². The van der Waals surface area contributed by atoms with Gasteiger partial charge in [0, 0.05) is 16.4 Å². The van der Waals surface area contributed by atoms with E-state index in [-0.39, 0.29) is 5.91 Å². The zero-order chi connectivity index (χ0) is 16.4. The molecule has 5 heteroatoms. The van der Waals surface area contributed by atoms with Gasteiger partial charge in [-0.15, -0.1) is 0 Å². The van der Waals surface area contributed by atoms with Gasteiger partial charge in [-0.2, -0.15) is 0 Å². The molecule has 1 amide bonds. The van der Waals surface area contributed by atoms with Crippen molar-refractivity contribution in [2.75, 3.05) is 5.32 Å². The highest BCUT2D eigenvalue weighted by Gasteiger charge is 2.19. The van der Waals surface area contributed by atoms with Crippen molar-refractivity contribution in [3.63, 3.8) is 0 Å². The van der Waals surface area contributed by atoms with E-state index in [1.54, 1.807) is 0 Å². The maximum atomic E-state index is 12.8. The minimum absolute atomic E-state index is 0.127. The maximum absolute atomic E-state index is 12.8. The van der Waals surface area contributed by atoms with Crippen LogP contribution in [0.2, 0.25) is 0 Å². The first-order valence-electron chi connectivity index (χ1n) is 7.63. The van der Waals surface area contributed by atoms with Gasteiger partial charge in [0.15, 0.2) is 0 Å². The molecular weight excluding hydrogens is 354 g/mol. The predicted octanol–water partition coefficient (Wildman–Crippen LogP) is 4.61. The number of carbonyl (C=O) groups is 1. The fraction of sp³-hybridized carbons (Fsp3) is 0.222. The molecule has 23 heavy (non-hydrogen) atoms. The molecule has 0 saturated carbocycles. The van der Waals surface area contributed by atoms with Crippen LogP contribution >= 0.6 is 15.9 Å². The molecule has 3 aromatic rings. The molecule has 1 aromatic carbocycles. The number of benzene rings is 1. The van der Waals surface area contributed by atoms with Gasteiger partial charge in [-0.3, -0.25) is 9.20 Å².